The van der Waals surface area contributed by atoms with Crippen molar-refractivity contribution in [2.75, 3.05) is 5.32 Å². The molecule has 1 N–H and O–H groups in total. The van der Waals surface area contributed by atoms with Crippen molar-refractivity contribution >= 4 is 40.9 Å². The summed E-state index contributed by atoms with van der Waals surface area (Å²) < 4.78 is 19.2. The van der Waals surface area contributed by atoms with E-state index in [9.17, 15) is 14.4 Å². The number of nitrogens with one attached hydrogen (secondary N) is 1. The molecule has 0 atom stereocenters. The maximum Gasteiger partial charge on any atom is 0.266 e. The lowest BCUT2D eigenvalue weighted by atomic mass is 10.1. The molecular formula is C23H15Cl2FN2O2. The van der Waals surface area contributed by atoms with Crippen LogP contribution in [-0.2, 0) is 11.4 Å². The van der Waals surface area contributed by atoms with Gasteiger partial charge in [-0.3, -0.25) is 4.79 Å². The van der Waals surface area contributed by atoms with Crippen molar-refractivity contribution in [2.24, 2.45) is 0 Å². The quantitative estimate of drug-likeness (QED) is 0.363. The third kappa shape index (κ3) is 5.38. The number of para-hydroxylation sites is 1. The number of ether oxygens (including phenoxy) is 1. The fourth-order valence-corrected chi connectivity index (χ4v) is 3.04. The van der Waals surface area contributed by atoms with E-state index in [-0.39, 0.29) is 33.7 Å². The van der Waals surface area contributed by atoms with Crippen molar-refractivity contribution in [3.63, 3.8) is 0 Å². The number of hydrogen-bond acceptors (Lipinski definition) is 3. The number of benzene rings is 3. The third-order valence-corrected chi connectivity index (χ3v) is 4.74. The highest BCUT2D eigenvalue weighted by molar-refractivity contribution is 6.40. The molecule has 0 heterocycles. The molecule has 30 heavy (non-hydrogen) atoms. The van der Waals surface area contributed by atoms with E-state index in [1.165, 1.54) is 12.1 Å². The first-order valence-corrected chi connectivity index (χ1v) is 9.57. The molecule has 3 aromatic carbocycles. The molecule has 0 radical (unpaired) electrons. The van der Waals surface area contributed by atoms with E-state index in [1.54, 1.807) is 60.7 Å². The molecule has 3 rings (SSSR count). The summed E-state index contributed by atoms with van der Waals surface area (Å²) in [5, 5.41) is 12.4. The Bertz CT molecular complexity index is 1120. The van der Waals surface area contributed by atoms with Crippen molar-refractivity contribution in [3.8, 4) is 11.8 Å². The molecule has 7 heteroatoms. The molecule has 150 valence electrons. The Balaban J connectivity index is 1.69. The van der Waals surface area contributed by atoms with Gasteiger partial charge in [0.15, 0.2) is 0 Å². The predicted octanol–water partition coefficient (Wildman–Crippen LogP) is 6.26. The topological polar surface area (TPSA) is 62.1 Å². The Morgan fingerprint density at radius 3 is 2.33 bits per heavy atom. The van der Waals surface area contributed by atoms with Crippen LogP contribution in [0, 0.1) is 17.1 Å². The van der Waals surface area contributed by atoms with Gasteiger partial charge in [0.25, 0.3) is 5.91 Å². The van der Waals surface area contributed by atoms with E-state index in [0.717, 1.165) is 0 Å². The zero-order valence-corrected chi connectivity index (χ0v) is 17.0. The number of anilines is 1. The van der Waals surface area contributed by atoms with Gasteiger partial charge in [-0.05, 0) is 42.0 Å². The number of carbonyl (C=O) groups is 1. The summed E-state index contributed by atoms with van der Waals surface area (Å²) in [7, 11) is 0. The van der Waals surface area contributed by atoms with Gasteiger partial charge in [0, 0.05) is 5.56 Å². The molecule has 0 bridgehead atoms. The molecule has 4 nitrogen and oxygen atoms in total. The van der Waals surface area contributed by atoms with Gasteiger partial charge in [-0.2, -0.15) is 5.26 Å². The summed E-state index contributed by atoms with van der Waals surface area (Å²) in [6, 6.07) is 19.8. The summed E-state index contributed by atoms with van der Waals surface area (Å²) >= 11 is 12.1. The average molecular weight is 441 g/mol. The summed E-state index contributed by atoms with van der Waals surface area (Å²) in [5.74, 6) is -0.436. The van der Waals surface area contributed by atoms with Crippen LogP contribution in [0.1, 0.15) is 11.1 Å². The number of hydrogen-bond donors (Lipinski definition) is 1. The molecule has 0 aliphatic carbocycles. The normalized spacial score (nSPS) is 10.9. The fourth-order valence-electron chi connectivity index (χ4n) is 2.55. The van der Waals surface area contributed by atoms with E-state index in [4.69, 9.17) is 27.9 Å². The van der Waals surface area contributed by atoms with Gasteiger partial charge in [-0.15, -0.1) is 0 Å². The maximum absolute atomic E-state index is 13.6. The van der Waals surface area contributed by atoms with E-state index < -0.39 is 5.91 Å². The zero-order chi connectivity index (χ0) is 21.5. The first kappa shape index (κ1) is 21.4. The Labute approximate surface area is 183 Å². The van der Waals surface area contributed by atoms with E-state index in [1.807, 2.05) is 6.07 Å². The summed E-state index contributed by atoms with van der Waals surface area (Å²) in [4.78, 5) is 12.4. The summed E-state index contributed by atoms with van der Waals surface area (Å²) in [5.41, 5.74) is 1.18. The van der Waals surface area contributed by atoms with Crippen LogP contribution in [-0.4, -0.2) is 5.91 Å². The molecule has 3 aromatic rings. The second-order valence-corrected chi connectivity index (χ2v) is 6.98. The van der Waals surface area contributed by atoms with Crippen LogP contribution in [0.3, 0.4) is 0 Å². The molecule has 0 aliphatic heterocycles. The van der Waals surface area contributed by atoms with Crippen LogP contribution in [0.2, 0.25) is 10.0 Å². The lowest BCUT2D eigenvalue weighted by Crippen LogP contribution is -2.14. The molecule has 0 fully saturated rings. The highest BCUT2D eigenvalue weighted by atomic mass is 35.5. The van der Waals surface area contributed by atoms with Crippen molar-refractivity contribution in [2.45, 2.75) is 6.61 Å². The zero-order valence-electron chi connectivity index (χ0n) is 15.5. The molecule has 0 spiro atoms. The van der Waals surface area contributed by atoms with E-state index >= 15 is 0 Å². The first-order valence-electron chi connectivity index (χ1n) is 8.81. The van der Waals surface area contributed by atoms with Crippen LogP contribution < -0.4 is 10.1 Å². The van der Waals surface area contributed by atoms with E-state index in [0.29, 0.717) is 16.9 Å². The van der Waals surface area contributed by atoms with Gasteiger partial charge in [0.05, 0.1) is 15.7 Å². The number of nitrogens with zero attached hydrogens (tertiary/aromatic N) is 1. The van der Waals surface area contributed by atoms with Crippen molar-refractivity contribution in [1.29, 1.82) is 5.26 Å². The smallest absolute Gasteiger partial charge is 0.266 e. The van der Waals surface area contributed by atoms with Gasteiger partial charge >= 0.3 is 0 Å². The molecule has 0 aromatic heterocycles. The predicted molar refractivity (Wildman–Crippen MR) is 116 cm³/mol. The molecule has 0 saturated carbocycles. The number of halogens is 3. The summed E-state index contributed by atoms with van der Waals surface area (Å²) in [6.07, 6.45) is 1.43. The highest BCUT2D eigenvalue weighted by Crippen LogP contribution is 2.30. The third-order valence-electron chi connectivity index (χ3n) is 4.11. The van der Waals surface area contributed by atoms with Gasteiger partial charge in [-0.1, -0.05) is 59.6 Å². The highest BCUT2D eigenvalue weighted by Gasteiger charge is 2.14. The summed E-state index contributed by atoms with van der Waals surface area (Å²) in [6.45, 7) is 0.0896. The van der Waals surface area contributed by atoms with Crippen LogP contribution in [0.15, 0.2) is 72.3 Å². The lowest BCUT2D eigenvalue weighted by Gasteiger charge is -2.09. The second-order valence-electron chi connectivity index (χ2n) is 6.17. The fraction of sp³-hybridized carbons (Fsp3) is 0.0435. The average Bonchev–Trinajstić information content (AvgIpc) is 2.75. The molecule has 0 saturated heterocycles. The number of amides is 1. The van der Waals surface area contributed by atoms with Crippen LogP contribution in [0.4, 0.5) is 10.1 Å². The Kier molecular flexibility index (Phi) is 7.08. The maximum atomic E-state index is 13.6. The van der Waals surface area contributed by atoms with Crippen LogP contribution in [0.25, 0.3) is 6.08 Å². The van der Waals surface area contributed by atoms with Gasteiger partial charge in [0.2, 0.25) is 0 Å². The molecule has 1 amide bonds. The molecule has 0 unspecified atom stereocenters. The van der Waals surface area contributed by atoms with Gasteiger partial charge in [-0.25, -0.2) is 4.39 Å². The Morgan fingerprint density at radius 2 is 1.70 bits per heavy atom. The van der Waals surface area contributed by atoms with Crippen molar-refractivity contribution in [1.82, 2.24) is 0 Å². The lowest BCUT2D eigenvalue weighted by molar-refractivity contribution is -0.112. The molecular weight excluding hydrogens is 426 g/mol. The minimum Gasteiger partial charge on any atom is -0.489 e. The van der Waals surface area contributed by atoms with Gasteiger partial charge in [0.1, 0.15) is 29.8 Å². The Hall–Kier alpha value is -3.33. The van der Waals surface area contributed by atoms with Crippen molar-refractivity contribution < 1.29 is 13.9 Å². The SMILES string of the molecule is N#C/C(=C\c1ccc(OCc2ccccc2F)cc1)C(=O)Nc1c(Cl)cccc1Cl. The number of nitriles is 1. The Morgan fingerprint density at radius 1 is 1.03 bits per heavy atom. The van der Waals surface area contributed by atoms with Gasteiger partial charge < -0.3 is 10.1 Å². The monoisotopic (exact) mass is 440 g/mol. The number of carbonyl (C=O) groups excluding carboxylic acids is 1. The minimum absolute atomic E-state index is 0.0896. The van der Waals surface area contributed by atoms with Crippen LogP contribution >= 0.6 is 23.2 Å². The molecule has 0 aliphatic rings. The first-order chi connectivity index (χ1) is 14.5. The number of rotatable bonds is 6. The van der Waals surface area contributed by atoms with Crippen LogP contribution in [0.5, 0.6) is 5.75 Å². The largest absolute Gasteiger partial charge is 0.489 e. The second kappa shape index (κ2) is 9.93. The van der Waals surface area contributed by atoms with Crippen molar-refractivity contribution in [3.05, 3.63) is 99.3 Å². The van der Waals surface area contributed by atoms with E-state index in [2.05, 4.69) is 5.32 Å². The minimum atomic E-state index is -0.632. The standard InChI is InChI=1S/C23H15Cl2FN2O2/c24-19-5-3-6-20(25)22(19)28-23(29)17(13-27)12-15-8-10-18(11-9-15)30-14-16-4-1-2-7-21(16)26/h1-12H,14H2,(H,28,29)/b17-12+.